The molecule has 0 nitrogen and oxygen atoms in total. The summed E-state index contributed by atoms with van der Waals surface area (Å²) in [6.07, 6.45) is 4.68. The van der Waals surface area contributed by atoms with Gasteiger partial charge in [0.05, 0.1) is 0 Å². The van der Waals surface area contributed by atoms with Crippen LogP contribution in [0, 0.1) is 24.8 Å². The first-order chi connectivity index (χ1) is 4.56. The summed E-state index contributed by atoms with van der Waals surface area (Å²) in [6, 6.07) is 0. The van der Waals surface area contributed by atoms with Crippen molar-refractivity contribution in [1.82, 2.24) is 0 Å². The Kier molecular flexibility index (Phi) is 75.7. The van der Waals surface area contributed by atoms with Gasteiger partial charge in [-0.2, -0.15) is 20.8 Å². The maximum Gasteiger partial charge on any atom is 2.00 e. The summed E-state index contributed by atoms with van der Waals surface area (Å²) in [6.45, 7) is 13.9. The van der Waals surface area contributed by atoms with Gasteiger partial charge in [-0.25, -0.2) is 0 Å². The quantitative estimate of drug-likeness (QED) is 0.553. The van der Waals surface area contributed by atoms with E-state index in [1.807, 2.05) is 19.9 Å². The Morgan fingerprint density at radius 1 is 1.29 bits per heavy atom. The Labute approximate surface area is 119 Å². The third-order valence-corrected chi connectivity index (χ3v) is 1.27. The van der Waals surface area contributed by atoms with Gasteiger partial charge in [0.1, 0.15) is 0 Å². The van der Waals surface area contributed by atoms with Crippen molar-refractivity contribution < 1.29 is 39.6 Å². The van der Waals surface area contributed by atoms with Crippen LogP contribution in [0.3, 0.4) is 0 Å². The van der Waals surface area contributed by atoms with Gasteiger partial charge in [-0.3, -0.25) is 6.08 Å². The largest absolute Gasteiger partial charge is 2.00 e. The second-order valence-corrected chi connectivity index (χ2v) is 2.56. The SMILES string of the molecule is C.C.C[C-]=CC.[CH2-]C(C)[C-](C)C.[V+2].[W]. The minimum atomic E-state index is 0. The summed E-state index contributed by atoms with van der Waals surface area (Å²) in [5.41, 5.74) is 0. The van der Waals surface area contributed by atoms with Crippen LogP contribution in [0.2, 0.25) is 0 Å². The summed E-state index contributed by atoms with van der Waals surface area (Å²) in [7, 11) is 0. The molecule has 0 saturated carbocycles. The minimum absolute atomic E-state index is 0. The van der Waals surface area contributed by atoms with Crippen molar-refractivity contribution >= 4 is 0 Å². The second kappa shape index (κ2) is 29.2. The molecule has 1 atom stereocenters. The average Bonchev–Trinajstić information content (AvgIpc) is 1.89. The first kappa shape index (κ1) is 36.3. The van der Waals surface area contributed by atoms with Crippen LogP contribution < -0.4 is 0 Å². The molecule has 2 heteroatoms. The number of allylic oxidation sites excluding steroid dienone is 2. The van der Waals surface area contributed by atoms with Crippen LogP contribution in [0.1, 0.15) is 49.5 Å². The van der Waals surface area contributed by atoms with Gasteiger partial charge in [-0.15, -0.1) is 6.92 Å². The zero-order valence-electron chi connectivity index (χ0n) is 8.72. The van der Waals surface area contributed by atoms with Gasteiger partial charge in [0.25, 0.3) is 0 Å². The first-order valence-electron chi connectivity index (χ1n) is 3.64. The van der Waals surface area contributed by atoms with Crippen molar-refractivity contribution in [3.63, 3.8) is 0 Å². The van der Waals surface area contributed by atoms with Crippen LogP contribution in [-0.4, -0.2) is 0 Å². The normalized spacial score (nSPS) is 9.36. The Morgan fingerprint density at radius 3 is 1.43 bits per heavy atom. The van der Waals surface area contributed by atoms with Gasteiger partial charge >= 0.3 is 18.6 Å². The molecule has 0 fully saturated rings. The Balaban J connectivity index is -0.0000000185. The van der Waals surface area contributed by atoms with Crippen LogP contribution >= 0.6 is 0 Å². The van der Waals surface area contributed by atoms with Crippen molar-refractivity contribution in [2.24, 2.45) is 5.92 Å². The molecule has 0 aliphatic carbocycles. The molecule has 0 aromatic rings. The summed E-state index contributed by atoms with van der Waals surface area (Å²) in [4.78, 5) is 0. The van der Waals surface area contributed by atoms with Gasteiger partial charge in [0, 0.05) is 21.1 Å². The van der Waals surface area contributed by atoms with E-state index in [0.717, 1.165) is 0 Å². The Bertz CT molecular complexity index is 68.4. The van der Waals surface area contributed by atoms with Gasteiger partial charge in [0.2, 0.25) is 0 Å². The van der Waals surface area contributed by atoms with E-state index in [0.29, 0.717) is 5.92 Å². The van der Waals surface area contributed by atoms with Crippen LogP contribution in [0.5, 0.6) is 0 Å². The molecule has 0 aromatic carbocycles. The molecule has 14 heavy (non-hydrogen) atoms. The molecule has 0 spiro atoms. The van der Waals surface area contributed by atoms with Crippen LogP contribution in [0.25, 0.3) is 0 Å². The summed E-state index contributed by atoms with van der Waals surface area (Å²) < 4.78 is 0. The number of rotatable bonds is 1. The third kappa shape index (κ3) is 51.9. The predicted molar refractivity (Wildman–Crippen MR) is 61.7 cm³/mol. The van der Waals surface area contributed by atoms with Crippen molar-refractivity contribution in [2.45, 2.75) is 49.5 Å². The van der Waals surface area contributed by atoms with Gasteiger partial charge in [-0.1, -0.05) is 21.8 Å². The van der Waals surface area contributed by atoms with E-state index in [-0.39, 0.29) is 54.5 Å². The molecule has 0 amide bonds. The van der Waals surface area contributed by atoms with E-state index in [2.05, 4.69) is 33.8 Å². The molecule has 0 saturated heterocycles. The fraction of sp³-hybridized carbons (Fsp3) is 0.667. The standard InChI is InChI=1S/C6H12.C4H7.2CH4.V.W/c1-5(2)6(3)4;1-3-4-2;;;;/h5H,1H2,2-4H3;3H,1-2H3;2*1H4;;/q-2;-1;;;+2;. The summed E-state index contributed by atoms with van der Waals surface area (Å²) in [5, 5.41) is 0. The first-order valence-corrected chi connectivity index (χ1v) is 3.64. The van der Waals surface area contributed by atoms with Crippen molar-refractivity contribution in [2.75, 3.05) is 0 Å². The van der Waals surface area contributed by atoms with E-state index in [9.17, 15) is 0 Å². The van der Waals surface area contributed by atoms with Gasteiger partial charge in [0.15, 0.2) is 0 Å². The molecule has 0 aliphatic rings. The summed E-state index contributed by atoms with van der Waals surface area (Å²) >= 11 is 0. The summed E-state index contributed by atoms with van der Waals surface area (Å²) in [5.74, 6) is 1.92. The van der Waals surface area contributed by atoms with Crippen LogP contribution in [0.4, 0.5) is 0 Å². The predicted octanol–water partition coefficient (Wildman–Crippen LogP) is 4.72. The smallest absolute Gasteiger partial charge is 0.504 e. The Hall–Kier alpha value is 1.01. The van der Waals surface area contributed by atoms with E-state index < -0.39 is 0 Å². The molecule has 0 N–H and O–H groups in total. The van der Waals surface area contributed by atoms with E-state index in [1.165, 1.54) is 5.92 Å². The van der Waals surface area contributed by atoms with Crippen LogP contribution in [-0.2, 0) is 39.6 Å². The topological polar surface area (TPSA) is 0 Å². The molecular formula is C12H27VW-. The molecule has 0 aliphatic heterocycles. The molecule has 0 bridgehead atoms. The molecule has 0 rings (SSSR count). The fourth-order valence-corrected chi connectivity index (χ4v) is 0. The second-order valence-electron chi connectivity index (χ2n) is 2.56. The van der Waals surface area contributed by atoms with E-state index in [1.54, 1.807) is 0 Å². The van der Waals surface area contributed by atoms with Crippen LogP contribution in [0.15, 0.2) is 6.08 Å². The molecule has 0 heterocycles. The number of hydrogen-bond acceptors (Lipinski definition) is 0. The van der Waals surface area contributed by atoms with Gasteiger partial charge < -0.3 is 24.8 Å². The maximum atomic E-state index is 3.80. The van der Waals surface area contributed by atoms with Crippen molar-refractivity contribution in [1.29, 1.82) is 0 Å². The van der Waals surface area contributed by atoms with Crippen molar-refractivity contribution in [3.8, 4) is 0 Å². The average molecular weight is 406 g/mol. The van der Waals surface area contributed by atoms with Gasteiger partial charge in [-0.05, 0) is 0 Å². The maximum absolute atomic E-state index is 3.80. The molecule has 1 unspecified atom stereocenters. The minimum Gasteiger partial charge on any atom is -0.504 e. The van der Waals surface area contributed by atoms with E-state index in [4.69, 9.17) is 0 Å². The fourth-order valence-electron chi connectivity index (χ4n) is 0. The molecule has 1 radical (unpaired) electrons. The zero-order valence-corrected chi connectivity index (χ0v) is 13.0. The molecular weight excluding hydrogens is 379 g/mol. The number of hydrogen-bond donors (Lipinski definition) is 0. The zero-order chi connectivity index (χ0) is 8.57. The van der Waals surface area contributed by atoms with Crippen molar-refractivity contribution in [3.05, 3.63) is 25.0 Å². The third-order valence-electron chi connectivity index (χ3n) is 1.27. The molecule has 87 valence electrons. The molecule has 0 aromatic heterocycles. The van der Waals surface area contributed by atoms with E-state index >= 15 is 0 Å². The Morgan fingerprint density at radius 2 is 1.43 bits per heavy atom. The monoisotopic (exact) mass is 406 g/mol.